The van der Waals surface area contributed by atoms with Crippen LogP contribution in [0.4, 0.5) is 5.69 Å². The Morgan fingerprint density at radius 2 is 1.64 bits per heavy atom. The number of carbonyl (C=O) groups excluding carboxylic acids is 1. The average Bonchev–Trinajstić information content (AvgIpc) is 2.16. The van der Waals surface area contributed by atoms with E-state index in [9.17, 15) is 4.79 Å². The molecule has 0 aliphatic heterocycles. The zero-order chi connectivity index (χ0) is 10.7. The Labute approximate surface area is 85.1 Å². The summed E-state index contributed by atoms with van der Waals surface area (Å²) in [5.41, 5.74) is 7.35. The molecule has 0 saturated carbocycles. The van der Waals surface area contributed by atoms with E-state index >= 15 is 0 Å². The first kappa shape index (κ1) is 10.8. The van der Waals surface area contributed by atoms with Crippen LogP contribution in [0.1, 0.15) is 32.3 Å². The normalized spacial score (nSPS) is 12.9. The predicted molar refractivity (Wildman–Crippen MR) is 59.1 cm³/mol. The summed E-state index contributed by atoms with van der Waals surface area (Å²) in [6, 6.07) is 7.50. The van der Waals surface area contributed by atoms with E-state index < -0.39 is 0 Å². The van der Waals surface area contributed by atoms with E-state index in [1.807, 2.05) is 45.0 Å². The summed E-state index contributed by atoms with van der Waals surface area (Å²) in [4.78, 5) is 11.7. The third-order valence-corrected chi connectivity index (χ3v) is 2.43. The molecule has 0 saturated heterocycles. The molecule has 0 aromatic heterocycles. The number of carbonyl (C=O) groups is 1. The molecule has 0 radical (unpaired) electrons. The number of nitrogens with two attached hydrogens (primary N) is 1. The molecule has 0 aliphatic carbocycles. The summed E-state index contributed by atoms with van der Waals surface area (Å²) in [5.74, 6) is 0.327. The van der Waals surface area contributed by atoms with Crippen molar-refractivity contribution in [2.45, 2.75) is 26.7 Å². The van der Waals surface area contributed by atoms with Gasteiger partial charge in [-0.25, -0.2) is 0 Å². The molecule has 1 aromatic carbocycles. The SMILES string of the molecule is CC(C)C(=O)C(C)c1ccc(N)cc1. The molecule has 14 heavy (non-hydrogen) atoms. The minimum atomic E-state index is -0.0319. The van der Waals surface area contributed by atoms with Crippen molar-refractivity contribution in [2.24, 2.45) is 5.92 Å². The van der Waals surface area contributed by atoms with Crippen LogP contribution in [0.3, 0.4) is 0 Å². The average molecular weight is 191 g/mol. The van der Waals surface area contributed by atoms with Gasteiger partial charge in [0.2, 0.25) is 0 Å². The third-order valence-electron chi connectivity index (χ3n) is 2.43. The molecule has 0 bridgehead atoms. The minimum Gasteiger partial charge on any atom is -0.399 e. The molecular weight excluding hydrogens is 174 g/mol. The van der Waals surface area contributed by atoms with Crippen LogP contribution in [-0.2, 0) is 4.79 Å². The maximum atomic E-state index is 11.7. The van der Waals surface area contributed by atoms with Gasteiger partial charge in [0.1, 0.15) is 5.78 Å². The second kappa shape index (κ2) is 4.27. The van der Waals surface area contributed by atoms with E-state index in [0.29, 0.717) is 0 Å². The lowest BCUT2D eigenvalue weighted by Crippen LogP contribution is -2.15. The first-order valence-electron chi connectivity index (χ1n) is 4.91. The second-order valence-electron chi connectivity index (χ2n) is 3.95. The molecule has 76 valence electrons. The molecule has 0 spiro atoms. The summed E-state index contributed by atoms with van der Waals surface area (Å²) in [6.45, 7) is 5.79. The molecule has 1 atom stereocenters. The number of hydrogen-bond donors (Lipinski definition) is 1. The molecule has 2 N–H and O–H groups in total. The van der Waals surface area contributed by atoms with Crippen molar-refractivity contribution in [3.05, 3.63) is 29.8 Å². The Hall–Kier alpha value is -1.31. The minimum absolute atomic E-state index is 0.0319. The molecular formula is C12H17NO. The van der Waals surface area contributed by atoms with E-state index in [1.54, 1.807) is 0 Å². The lowest BCUT2D eigenvalue weighted by atomic mass is 9.90. The molecule has 0 fully saturated rings. The fourth-order valence-electron chi connectivity index (χ4n) is 1.45. The molecule has 0 heterocycles. The lowest BCUT2D eigenvalue weighted by molar-refractivity contribution is -0.123. The van der Waals surface area contributed by atoms with Gasteiger partial charge in [-0.2, -0.15) is 0 Å². The summed E-state index contributed by atoms with van der Waals surface area (Å²) >= 11 is 0. The number of benzene rings is 1. The van der Waals surface area contributed by atoms with Crippen molar-refractivity contribution in [1.82, 2.24) is 0 Å². The third kappa shape index (κ3) is 2.34. The predicted octanol–water partition coefficient (Wildman–Crippen LogP) is 2.60. The fourth-order valence-corrected chi connectivity index (χ4v) is 1.45. The van der Waals surface area contributed by atoms with E-state index in [2.05, 4.69) is 0 Å². The topological polar surface area (TPSA) is 43.1 Å². The highest BCUT2D eigenvalue weighted by Gasteiger charge is 2.17. The van der Waals surface area contributed by atoms with E-state index in [-0.39, 0.29) is 17.6 Å². The number of hydrogen-bond acceptors (Lipinski definition) is 2. The van der Waals surface area contributed by atoms with Gasteiger partial charge in [-0.3, -0.25) is 4.79 Å². The van der Waals surface area contributed by atoms with Crippen LogP contribution in [0, 0.1) is 5.92 Å². The van der Waals surface area contributed by atoms with Crippen LogP contribution < -0.4 is 5.73 Å². The maximum absolute atomic E-state index is 11.7. The van der Waals surface area contributed by atoms with Crippen LogP contribution in [0.5, 0.6) is 0 Å². The van der Waals surface area contributed by atoms with Crippen LogP contribution in [0.2, 0.25) is 0 Å². The first-order valence-corrected chi connectivity index (χ1v) is 4.91. The lowest BCUT2D eigenvalue weighted by Gasteiger charge is -2.13. The van der Waals surface area contributed by atoms with Crippen LogP contribution >= 0.6 is 0 Å². The van der Waals surface area contributed by atoms with Gasteiger partial charge in [0.05, 0.1) is 0 Å². The quantitative estimate of drug-likeness (QED) is 0.746. The standard InChI is InChI=1S/C12H17NO/c1-8(2)12(14)9(3)10-4-6-11(13)7-5-10/h4-9H,13H2,1-3H3. The Kier molecular flexibility index (Phi) is 3.28. The van der Waals surface area contributed by atoms with Gasteiger partial charge < -0.3 is 5.73 Å². The summed E-state index contributed by atoms with van der Waals surface area (Å²) in [5, 5.41) is 0. The summed E-state index contributed by atoms with van der Waals surface area (Å²) in [6.07, 6.45) is 0. The number of Topliss-reactive ketones (excluding diaryl/α,β-unsaturated/α-hetero) is 1. The smallest absolute Gasteiger partial charge is 0.142 e. The molecule has 2 heteroatoms. The Morgan fingerprint density at radius 3 is 2.07 bits per heavy atom. The number of anilines is 1. The van der Waals surface area contributed by atoms with Gasteiger partial charge in [0.25, 0.3) is 0 Å². The summed E-state index contributed by atoms with van der Waals surface area (Å²) in [7, 11) is 0. The van der Waals surface area contributed by atoms with E-state index in [1.165, 1.54) is 0 Å². The number of rotatable bonds is 3. The van der Waals surface area contributed by atoms with Gasteiger partial charge in [0.15, 0.2) is 0 Å². The Balaban J connectivity index is 2.84. The second-order valence-corrected chi connectivity index (χ2v) is 3.95. The van der Waals surface area contributed by atoms with Crippen LogP contribution in [0.25, 0.3) is 0 Å². The molecule has 1 rings (SSSR count). The largest absolute Gasteiger partial charge is 0.399 e. The summed E-state index contributed by atoms with van der Waals surface area (Å²) < 4.78 is 0. The van der Waals surface area contributed by atoms with Crippen LogP contribution in [-0.4, -0.2) is 5.78 Å². The van der Waals surface area contributed by atoms with E-state index in [0.717, 1.165) is 11.3 Å². The number of nitrogen functional groups attached to an aromatic ring is 1. The van der Waals surface area contributed by atoms with Crippen molar-refractivity contribution in [3.8, 4) is 0 Å². The van der Waals surface area contributed by atoms with Crippen molar-refractivity contribution in [3.63, 3.8) is 0 Å². The van der Waals surface area contributed by atoms with Crippen molar-refractivity contribution >= 4 is 11.5 Å². The molecule has 2 nitrogen and oxygen atoms in total. The molecule has 1 unspecified atom stereocenters. The van der Waals surface area contributed by atoms with Gasteiger partial charge in [-0.05, 0) is 17.7 Å². The van der Waals surface area contributed by atoms with Crippen molar-refractivity contribution in [2.75, 3.05) is 5.73 Å². The van der Waals surface area contributed by atoms with E-state index in [4.69, 9.17) is 5.73 Å². The van der Waals surface area contributed by atoms with Crippen molar-refractivity contribution < 1.29 is 4.79 Å². The van der Waals surface area contributed by atoms with Crippen molar-refractivity contribution in [1.29, 1.82) is 0 Å². The molecule has 1 aromatic rings. The molecule has 0 aliphatic rings. The molecule has 0 amide bonds. The van der Waals surface area contributed by atoms with Crippen LogP contribution in [0.15, 0.2) is 24.3 Å². The highest BCUT2D eigenvalue weighted by molar-refractivity contribution is 5.86. The Morgan fingerprint density at radius 1 is 1.14 bits per heavy atom. The highest BCUT2D eigenvalue weighted by atomic mass is 16.1. The zero-order valence-electron chi connectivity index (χ0n) is 8.95. The first-order chi connectivity index (χ1) is 6.52. The zero-order valence-corrected chi connectivity index (χ0v) is 8.95. The monoisotopic (exact) mass is 191 g/mol. The van der Waals surface area contributed by atoms with Gasteiger partial charge in [0, 0.05) is 17.5 Å². The highest BCUT2D eigenvalue weighted by Crippen LogP contribution is 2.20. The number of ketones is 1. The van der Waals surface area contributed by atoms with Gasteiger partial charge in [-0.15, -0.1) is 0 Å². The fraction of sp³-hybridized carbons (Fsp3) is 0.417. The van der Waals surface area contributed by atoms with Gasteiger partial charge >= 0.3 is 0 Å². The Bertz CT molecular complexity index is 314. The van der Waals surface area contributed by atoms with Gasteiger partial charge in [-0.1, -0.05) is 32.9 Å². The maximum Gasteiger partial charge on any atom is 0.142 e.